The monoisotopic (exact) mass is 388 g/mol. The summed E-state index contributed by atoms with van der Waals surface area (Å²) in [6.45, 7) is 8.38. The number of benzene rings is 2. The molecule has 1 aromatic heterocycles. The van der Waals surface area contributed by atoms with Crippen molar-refractivity contribution in [3.05, 3.63) is 79.4 Å². The van der Waals surface area contributed by atoms with E-state index < -0.39 is 0 Å². The molecule has 0 aliphatic heterocycles. The maximum atomic E-state index is 13.3. The minimum Gasteiger partial charge on any atom is -0.497 e. The van der Waals surface area contributed by atoms with Crippen LogP contribution in [0, 0.1) is 0 Å². The maximum Gasteiger partial charge on any atom is 0.255 e. The molecule has 0 fully saturated rings. The lowest BCUT2D eigenvalue weighted by molar-refractivity contribution is 0.0792. The van der Waals surface area contributed by atoms with E-state index in [-0.39, 0.29) is 5.91 Å². The molecule has 5 heteroatoms. The van der Waals surface area contributed by atoms with E-state index in [1.54, 1.807) is 37.3 Å². The molecule has 0 saturated carbocycles. The van der Waals surface area contributed by atoms with Gasteiger partial charge in [0, 0.05) is 30.1 Å². The maximum absolute atomic E-state index is 13.3. The van der Waals surface area contributed by atoms with Crippen molar-refractivity contribution in [2.45, 2.75) is 0 Å². The van der Waals surface area contributed by atoms with Crippen molar-refractivity contribution in [1.29, 1.82) is 0 Å². The van der Waals surface area contributed by atoms with Crippen molar-refractivity contribution < 1.29 is 14.3 Å². The minimum absolute atomic E-state index is 0.0999. The lowest BCUT2D eigenvalue weighted by Crippen LogP contribution is -2.31. The van der Waals surface area contributed by atoms with Crippen LogP contribution in [0.15, 0.2) is 73.8 Å². The van der Waals surface area contributed by atoms with Crippen LogP contribution in [0.2, 0.25) is 0 Å². The summed E-state index contributed by atoms with van der Waals surface area (Å²) in [5.74, 6) is 1.21. The molecule has 5 nitrogen and oxygen atoms in total. The van der Waals surface area contributed by atoms with E-state index in [0.717, 1.165) is 16.5 Å². The van der Waals surface area contributed by atoms with Gasteiger partial charge in [0.2, 0.25) is 0 Å². The fourth-order valence-electron chi connectivity index (χ4n) is 3.22. The van der Waals surface area contributed by atoms with Crippen LogP contribution in [0.1, 0.15) is 10.4 Å². The van der Waals surface area contributed by atoms with Crippen LogP contribution in [0.5, 0.6) is 11.5 Å². The Hall–Kier alpha value is -3.60. The summed E-state index contributed by atoms with van der Waals surface area (Å²) >= 11 is 0. The van der Waals surface area contributed by atoms with Gasteiger partial charge >= 0.3 is 0 Å². The molecule has 0 spiro atoms. The Morgan fingerprint density at radius 2 is 1.76 bits per heavy atom. The Balaban J connectivity index is 2.20. The number of pyridine rings is 1. The Kier molecular flexibility index (Phi) is 6.29. The van der Waals surface area contributed by atoms with Crippen LogP contribution in [0.4, 0.5) is 0 Å². The van der Waals surface area contributed by atoms with Gasteiger partial charge < -0.3 is 14.4 Å². The number of para-hydroxylation sites is 1. The third-order valence-corrected chi connectivity index (χ3v) is 4.62. The van der Waals surface area contributed by atoms with Crippen LogP contribution < -0.4 is 9.47 Å². The number of methoxy groups -OCH3 is 2. The first-order chi connectivity index (χ1) is 14.1. The lowest BCUT2D eigenvalue weighted by atomic mass is 10.0. The predicted octanol–water partition coefficient (Wildman–Crippen LogP) is 4.73. The molecule has 29 heavy (non-hydrogen) atoms. The second-order valence-electron chi connectivity index (χ2n) is 6.43. The summed E-state index contributed by atoms with van der Waals surface area (Å²) in [6, 6.07) is 15.0. The molecule has 148 valence electrons. The highest BCUT2D eigenvalue weighted by atomic mass is 16.5. The minimum atomic E-state index is -0.0999. The number of hydrogen-bond donors (Lipinski definition) is 0. The number of nitrogens with zero attached hydrogens (tertiary/aromatic N) is 2. The van der Waals surface area contributed by atoms with E-state index >= 15 is 0 Å². The number of aromatic nitrogens is 1. The predicted molar refractivity (Wildman–Crippen MR) is 117 cm³/mol. The average Bonchev–Trinajstić information content (AvgIpc) is 2.77. The largest absolute Gasteiger partial charge is 0.497 e. The SMILES string of the molecule is C=CCN(CC=C)C(=O)c1cc(-c2ccc(OC)cc2OC)nc2ccccc12. The molecule has 1 amide bonds. The first-order valence-corrected chi connectivity index (χ1v) is 9.26. The summed E-state index contributed by atoms with van der Waals surface area (Å²) in [4.78, 5) is 19.8. The quantitative estimate of drug-likeness (QED) is 0.523. The fourth-order valence-corrected chi connectivity index (χ4v) is 3.22. The van der Waals surface area contributed by atoms with Crippen molar-refractivity contribution in [3.63, 3.8) is 0 Å². The molecule has 0 aliphatic rings. The molecule has 0 atom stereocenters. The molecule has 0 radical (unpaired) electrons. The zero-order valence-electron chi connectivity index (χ0n) is 16.7. The highest BCUT2D eigenvalue weighted by molar-refractivity contribution is 6.07. The molecular formula is C24H24N2O3. The van der Waals surface area contributed by atoms with Crippen LogP contribution >= 0.6 is 0 Å². The molecule has 0 aliphatic carbocycles. The Labute approximate surface area is 170 Å². The van der Waals surface area contributed by atoms with E-state index in [9.17, 15) is 4.79 Å². The third kappa shape index (κ3) is 4.14. The number of carbonyl (C=O) groups is 1. The molecule has 3 aromatic rings. The summed E-state index contributed by atoms with van der Waals surface area (Å²) in [5.41, 5.74) is 2.76. The second kappa shape index (κ2) is 9.06. The number of fused-ring (bicyclic) bond motifs is 1. The molecule has 0 N–H and O–H groups in total. The molecule has 0 saturated heterocycles. The van der Waals surface area contributed by atoms with E-state index in [0.29, 0.717) is 35.8 Å². The topological polar surface area (TPSA) is 51.7 Å². The highest BCUT2D eigenvalue weighted by Crippen LogP contribution is 2.34. The van der Waals surface area contributed by atoms with Crippen LogP contribution in [-0.2, 0) is 0 Å². The number of carbonyl (C=O) groups excluding carboxylic acids is 1. The van der Waals surface area contributed by atoms with Gasteiger partial charge in [-0.2, -0.15) is 0 Å². The summed E-state index contributed by atoms with van der Waals surface area (Å²) < 4.78 is 10.8. The van der Waals surface area contributed by atoms with Gasteiger partial charge in [0.15, 0.2) is 0 Å². The summed E-state index contributed by atoms with van der Waals surface area (Å²) in [6.07, 6.45) is 3.41. The van der Waals surface area contributed by atoms with Gasteiger partial charge in [-0.25, -0.2) is 4.98 Å². The molecule has 3 rings (SSSR count). The molecule has 1 heterocycles. The van der Waals surface area contributed by atoms with Crippen molar-refractivity contribution in [3.8, 4) is 22.8 Å². The average molecular weight is 388 g/mol. The number of rotatable bonds is 8. The highest BCUT2D eigenvalue weighted by Gasteiger charge is 2.20. The molecule has 0 bridgehead atoms. The number of amides is 1. The second-order valence-corrected chi connectivity index (χ2v) is 6.43. The van der Waals surface area contributed by atoms with Crippen molar-refractivity contribution in [2.24, 2.45) is 0 Å². The normalized spacial score (nSPS) is 10.4. The zero-order chi connectivity index (χ0) is 20.8. The lowest BCUT2D eigenvalue weighted by Gasteiger charge is -2.21. The Bertz CT molecular complexity index is 1050. The van der Waals surface area contributed by atoms with E-state index in [1.165, 1.54) is 0 Å². The van der Waals surface area contributed by atoms with Crippen molar-refractivity contribution in [2.75, 3.05) is 27.3 Å². The summed E-state index contributed by atoms with van der Waals surface area (Å²) in [5, 5.41) is 0.798. The molecular weight excluding hydrogens is 364 g/mol. The van der Waals surface area contributed by atoms with Gasteiger partial charge in [-0.05, 0) is 24.3 Å². The van der Waals surface area contributed by atoms with Gasteiger partial charge in [-0.3, -0.25) is 4.79 Å². The van der Waals surface area contributed by atoms with Gasteiger partial charge in [0.25, 0.3) is 5.91 Å². The Morgan fingerprint density at radius 3 is 2.41 bits per heavy atom. The fraction of sp³-hybridized carbons (Fsp3) is 0.167. The first-order valence-electron chi connectivity index (χ1n) is 9.26. The zero-order valence-corrected chi connectivity index (χ0v) is 16.7. The van der Waals surface area contributed by atoms with Crippen molar-refractivity contribution in [1.82, 2.24) is 9.88 Å². The number of hydrogen-bond acceptors (Lipinski definition) is 4. The Morgan fingerprint density at radius 1 is 1.03 bits per heavy atom. The van der Waals surface area contributed by atoms with Gasteiger partial charge in [-0.1, -0.05) is 30.4 Å². The van der Waals surface area contributed by atoms with E-state index in [2.05, 4.69) is 13.2 Å². The first kappa shape index (κ1) is 20.1. The molecule has 0 unspecified atom stereocenters. The summed E-state index contributed by atoms with van der Waals surface area (Å²) in [7, 11) is 3.20. The van der Waals surface area contributed by atoms with Crippen LogP contribution in [0.25, 0.3) is 22.2 Å². The van der Waals surface area contributed by atoms with Crippen LogP contribution in [-0.4, -0.2) is 43.1 Å². The van der Waals surface area contributed by atoms with Gasteiger partial charge in [-0.15, -0.1) is 13.2 Å². The number of ether oxygens (including phenoxy) is 2. The van der Waals surface area contributed by atoms with Crippen LogP contribution in [0.3, 0.4) is 0 Å². The van der Waals surface area contributed by atoms with E-state index in [1.807, 2.05) is 42.5 Å². The van der Waals surface area contributed by atoms with E-state index in [4.69, 9.17) is 14.5 Å². The van der Waals surface area contributed by atoms with Gasteiger partial charge in [0.1, 0.15) is 11.5 Å². The standard InChI is InChI=1S/C24H24N2O3/c1-5-13-26(14-6-2)24(27)20-16-22(25-21-10-8-7-9-18(20)21)19-12-11-17(28-3)15-23(19)29-4/h5-12,15-16H,1-2,13-14H2,3-4H3. The van der Waals surface area contributed by atoms with Crippen molar-refractivity contribution >= 4 is 16.8 Å². The molecule has 2 aromatic carbocycles. The van der Waals surface area contributed by atoms with Gasteiger partial charge in [0.05, 0.1) is 31.0 Å². The third-order valence-electron chi connectivity index (χ3n) is 4.62. The smallest absolute Gasteiger partial charge is 0.255 e.